The first-order valence-corrected chi connectivity index (χ1v) is 12.2. The Morgan fingerprint density at radius 3 is 2.17 bits per heavy atom. The van der Waals surface area contributed by atoms with E-state index in [4.69, 9.17) is 9.47 Å². The van der Waals surface area contributed by atoms with Gasteiger partial charge in [0, 0.05) is 18.2 Å². The minimum atomic E-state index is -0.610. The molecule has 2 heterocycles. The summed E-state index contributed by atoms with van der Waals surface area (Å²) in [5.74, 6) is -0.942. The van der Waals surface area contributed by atoms with Gasteiger partial charge < -0.3 is 9.47 Å². The number of rotatable bonds is 6. The van der Waals surface area contributed by atoms with Gasteiger partial charge in [-0.05, 0) is 44.0 Å². The number of aryl methyl sites for hydroxylation is 3. The molecule has 8 nitrogen and oxygen atoms in total. The number of nitrogens with one attached hydrogen (secondary N) is 1. The molecular weight excluding hydrogens is 468 g/mol. The van der Waals surface area contributed by atoms with Crippen LogP contribution in [0.2, 0.25) is 0 Å². The van der Waals surface area contributed by atoms with Crippen LogP contribution in [0.15, 0.2) is 64.3 Å². The molecule has 0 spiro atoms. The second-order valence-electron chi connectivity index (χ2n) is 8.52. The van der Waals surface area contributed by atoms with E-state index < -0.39 is 39.9 Å². The molecular formula is C26H26N2O6S. The van der Waals surface area contributed by atoms with Crippen molar-refractivity contribution in [2.24, 2.45) is 0 Å². The first kappa shape index (κ1) is 24.5. The van der Waals surface area contributed by atoms with Gasteiger partial charge in [0.1, 0.15) is 12.7 Å². The van der Waals surface area contributed by atoms with Gasteiger partial charge in [-0.3, -0.25) is 14.3 Å². The Morgan fingerprint density at radius 1 is 0.943 bits per heavy atom. The molecule has 1 fully saturated rings. The van der Waals surface area contributed by atoms with E-state index in [0.29, 0.717) is 23.1 Å². The number of nitrogens with zero attached hydrogens (tertiary/aromatic N) is 1. The van der Waals surface area contributed by atoms with Crippen molar-refractivity contribution in [3.63, 3.8) is 0 Å². The summed E-state index contributed by atoms with van der Waals surface area (Å²) < 4.78 is 12.9. The second kappa shape index (κ2) is 10.4. The van der Waals surface area contributed by atoms with Gasteiger partial charge in [0.15, 0.2) is 0 Å². The summed E-state index contributed by atoms with van der Waals surface area (Å²) in [4.78, 5) is 52.2. The molecule has 3 atom stereocenters. The van der Waals surface area contributed by atoms with Gasteiger partial charge in [0.25, 0.3) is 5.56 Å². The minimum Gasteiger partial charge on any atom is -0.461 e. The Balaban J connectivity index is 1.56. The van der Waals surface area contributed by atoms with E-state index in [2.05, 4.69) is 4.98 Å². The van der Waals surface area contributed by atoms with Gasteiger partial charge in [-0.1, -0.05) is 36.4 Å². The van der Waals surface area contributed by atoms with Crippen LogP contribution in [0.1, 0.15) is 49.2 Å². The van der Waals surface area contributed by atoms with E-state index in [1.807, 2.05) is 38.1 Å². The summed E-state index contributed by atoms with van der Waals surface area (Å²) in [6.07, 6.45) is 1.21. The van der Waals surface area contributed by atoms with E-state index in [0.717, 1.165) is 11.1 Å². The maximum Gasteiger partial charge on any atom is 0.338 e. The number of carbonyl (C=O) groups excluding carboxylic acids is 2. The SMILES string of the molecule is Cc1ccccc1C(=O)OC[C@H]1S[C@H](n2cc(C)c(=O)[nH]c2=O)C[C@@H]1OC(=O)c1ccccc1C. The van der Waals surface area contributed by atoms with E-state index in [9.17, 15) is 19.2 Å². The summed E-state index contributed by atoms with van der Waals surface area (Å²) >= 11 is 1.37. The zero-order valence-corrected chi connectivity index (χ0v) is 20.5. The normalized spacial score (nSPS) is 19.3. The number of esters is 2. The van der Waals surface area contributed by atoms with Crippen LogP contribution >= 0.6 is 11.8 Å². The fourth-order valence-electron chi connectivity index (χ4n) is 3.99. The van der Waals surface area contributed by atoms with Crippen molar-refractivity contribution in [1.82, 2.24) is 9.55 Å². The zero-order chi connectivity index (χ0) is 25.1. The molecule has 0 saturated carbocycles. The second-order valence-corrected chi connectivity index (χ2v) is 9.94. The number of benzene rings is 2. The number of aromatic amines is 1. The Bertz CT molecular complexity index is 1380. The molecule has 1 aromatic heterocycles. The van der Waals surface area contributed by atoms with Crippen molar-refractivity contribution >= 4 is 23.7 Å². The van der Waals surface area contributed by atoms with Crippen LogP contribution in [-0.4, -0.2) is 39.5 Å². The van der Waals surface area contributed by atoms with Gasteiger partial charge in [-0.2, -0.15) is 0 Å². The van der Waals surface area contributed by atoms with Gasteiger partial charge >= 0.3 is 17.6 Å². The number of H-pyrrole nitrogens is 1. The Labute approximate surface area is 206 Å². The van der Waals surface area contributed by atoms with E-state index in [1.165, 1.54) is 22.5 Å². The summed E-state index contributed by atoms with van der Waals surface area (Å²) in [6.45, 7) is 5.27. The summed E-state index contributed by atoms with van der Waals surface area (Å²) in [5.41, 5.74) is 1.91. The fourth-order valence-corrected chi connectivity index (χ4v) is 5.47. The van der Waals surface area contributed by atoms with Crippen LogP contribution in [0, 0.1) is 20.8 Å². The number of hydrogen-bond donors (Lipinski definition) is 1. The third-order valence-corrected chi connectivity index (χ3v) is 7.53. The van der Waals surface area contributed by atoms with Crippen molar-refractivity contribution in [2.75, 3.05) is 6.61 Å². The Hall–Kier alpha value is -3.59. The van der Waals surface area contributed by atoms with Crippen LogP contribution in [0.3, 0.4) is 0 Å². The van der Waals surface area contributed by atoms with Crippen molar-refractivity contribution in [3.05, 3.63) is 103 Å². The lowest BCUT2D eigenvalue weighted by molar-refractivity contribution is 0.0204. The highest BCUT2D eigenvalue weighted by Gasteiger charge is 2.40. The fraction of sp³-hybridized carbons (Fsp3) is 0.308. The largest absolute Gasteiger partial charge is 0.461 e. The lowest BCUT2D eigenvalue weighted by Gasteiger charge is -2.19. The van der Waals surface area contributed by atoms with Gasteiger partial charge in [-0.15, -0.1) is 11.8 Å². The number of thioether (sulfide) groups is 1. The van der Waals surface area contributed by atoms with Crippen LogP contribution in [-0.2, 0) is 9.47 Å². The van der Waals surface area contributed by atoms with Crippen molar-refractivity contribution in [3.8, 4) is 0 Å². The summed E-state index contributed by atoms with van der Waals surface area (Å²) in [7, 11) is 0. The molecule has 2 aromatic carbocycles. The van der Waals surface area contributed by atoms with Crippen LogP contribution in [0.5, 0.6) is 0 Å². The maximum absolute atomic E-state index is 12.9. The van der Waals surface area contributed by atoms with Crippen LogP contribution < -0.4 is 11.2 Å². The van der Waals surface area contributed by atoms with Gasteiger partial charge in [0.05, 0.1) is 21.8 Å². The van der Waals surface area contributed by atoms with Crippen molar-refractivity contribution < 1.29 is 19.1 Å². The zero-order valence-electron chi connectivity index (χ0n) is 19.6. The molecule has 0 amide bonds. The first-order chi connectivity index (χ1) is 16.7. The molecule has 1 aliphatic rings. The van der Waals surface area contributed by atoms with Gasteiger partial charge in [0.2, 0.25) is 0 Å². The van der Waals surface area contributed by atoms with E-state index in [-0.39, 0.29) is 6.61 Å². The number of aromatic nitrogens is 2. The Morgan fingerprint density at radius 2 is 1.54 bits per heavy atom. The smallest absolute Gasteiger partial charge is 0.338 e. The summed E-state index contributed by atoms with van der Waals surface area (Å²) in [6, 6.07) is 14.3. The minimum absolute atomic E-state index is 0.00284. The van der Waals surface area contributed by atoms with E-state index >= 15 is 0 Å². The predicted octanol–water partition coefficient (Wildman–Crippen LogP) is 3.55. The number of ether oxygens (including phenoxy) is 2. The lowest BCUT2D eigenvalue weighted by Crippen LogP contribution is -2.32. The monoisotopic (exact) mass is 494 g/mol. The highest BCUT2D eigenvalue weighted by atomic mass is 32.2. The number of carbonyl (C=O) groups is 2. The Kier molecular flexibility index (Phi) is 7.25. The molecule has 9 heteroatoms. The lowest BCUT2D eigenvalue weighted by atomic mass is 10.1. The standard InChI is InChI=1S/C26H26N2O6S/c1-15-8-4-6-10-18(15)24(30)33-14-21-20(34-25(31)19-11-7-5-9-16(19)2)12-22(35-21)28-13-17(3)23(29)27-26(28)32/h4-11,13,20-22H,12,14H2,1-3H3,(H,27,29,32)/t20-,21+,22-/m0/s1. The van der Waals surface area contributed by atoms with Crippen LogP contribution in [0.4, 0.5) is 0 Å². The highest BCUT2D eigenvalue weighted by Crippen LogP contribution is 2.43. The van der Waals surface area contributed by atoms with Crippen LogP contribution in [0.25, 0.3) is 0 Å². The molecule has 1 saturated heterocycles. The maximum atomic E-state index is 12.9. The highest BCUT2D eigenvalue weighted by molar-refractivity contribution is 8.00. The molecule has 0 radical (unpaired) electrons. The molecule has 4 rings (SSSR count). The van der Waals surface area contributed by atoms with E-state index in [1.54, 1.807) is 31.2 Å². The molecule has 1 aliphatic heterocycles. The average molecular weight is 495 g/mol. The van der Waals surface area contributed by atoms with Gasteiger partial charge in [-0.25, -0.2) is 14.4 Å². The van der Waals surface area contributed by atoms with Crippen molar-refractivity contribution in [1.29, 1.82) is 0 Å². The molecule has 0 aliphatic carbocycles. The molecule has 0 unspecified atom stereocenters. The molecule has 3 aromatic rings. The third kappa shape index (κ3) is 5.40. The first-order valence-electron chi connectivity index (χ1n) is 11.2. The van der Waals surface area contributed by atoms with Crippen molar-refractivity contribution in [2.45, 2.75) is 43.9 Å². The number of hydrogen-bond acceptors (Lipinski definition) is 7. The average Bonchev–Trinajstić information content (AvgIpc) is 3.22. The topological polar surface area (TPSA) is 107 Å². The summed E-state index contributed by atoms with van der Waals surface area (Å²) in [5, 5.41) is -0.810. The molecule has 35 heavy (non-hydrogen) atoms. The quantitative estimate of drug-likeness (QED) is 0.522. The third-order valence-electron chi connectivity index (χ3n) is 6.00. The molecule has 182 valence electrons. The predicted molar refractivity (Wildman–Crippen MR) is 133 cm³/mol. The molecule has 1 N–H and O–H groups in total. The molecule has 0 bridgehead atoms.